The van der Waals surface area contributed by atoms with Gasteiger partial charge in [0.1, 0.15) is 5.78 Å². The van der Waals surface area contributed by atoms with Crippen molar-refractivity contribution in [3.8, 4) is 0 Å². The number of allylic oxidation sites excluding steroid dienone is 1. The maximum atomic E-state index is 11.7. The minimum Gasteiger partial charge on any atom is -0.378 e. The number of carbonyl (C=O) groups excluding carboxylic acids is 1. The minimum atomic E-state index is 0.303. The molecule has 0 radical (unpaired) electrons. The van der Waals surface area contributed by atoms with Crippen molar-refractivity contribution < 1.29 is 9.53 Å². The summed E-state index contributed by atoms with van der Waals surface area (Å²) in [7, 11) is 0. The van der Waals surface area contributed by atoms with Gasteiger partial charge in [-0.05, 0) is 57.4 Å². The zero-order valence-corrected chi connectivity index (χ0v) is 13.1. The number of carbonyl (C=O) groups is 1. The molecule has 1 heterocycles. The quantitative estimate of drug-likeness (QED) is 0.192. The Morgan fingerprint density at radius 2 is 2.19 bits per heavy atom. The second-order valence-corrected chi connectivity index (χ2v) is 5.73. The number of hydrogen-bond acceptors (Lipinski definition) is 3. The predicted molar refractivity (Wildman–Crippen MR) is 84.1 cm³/mol. The number of Topliss-reactive ketones (excluding diaryl/α,β-unsaturated/α-hetero) is 1. The van der Waals surface area contributed by atoms with Gasteiger partial charge in [0.25, 0.3) is 0 Å². The van der Waals surface area contributed by atoms with Crippen LogP contribution in [0.25, 0.3) is 10.4 Å². The van der Waals surface area contributed by atoms with Crippen LogP contribution in [0.4, 0.5) is 0 Å². The lowest BCUT2D eigenvalue weighted by molar-refractivity contribution is -0.119. The topological polar surface area (TPSA) is 75.1 Å². The number of ketones is 1. The highest BCUT2D eigenvalue weighted by atomic mass is 16.5. The molecule has 5 nitrogen and oxygen atoms in total. The SMILES string of the molecule is C/C(=C\CC1CCCCO1)CCC(=O)CCCCN=[N+]=[N-]. The molecule has 1 atom stereocenters. The lowest BCUT2D eigenvalue weighted by atomic mass is 10.0. The smallest absolute Gasteiger partial charge is 0.133 e. The summed E-state index contributed by atoms with van der Waals surface area (Å²) in [5.74, 6) is 0.303. The van der Waals surface area contributed by atoms with E-state index in [1.54, 1.807) is 0 Å². The summed E-state index contributed by atoms with van der Waals surface area (Å²) in [5, 5.41) is 3.46. The molecule has 0 aromatic rings. The average molecular weight is 293 g/mol. The first kappa shape index (κ1) is 17.7. The van der Waals surface area contributed by atoms with Crippen LogP contribution in [-0.2, 0) is 9.53 Å². The van der Waals surface area contributed by atoms with Gasteiger partial charge in [-0.3, -0.25) is 4.79 Å². The maximum absolute atomic E-state index is 11.7. The van der Waals surface area contributed by atoms with Crippen LogP contribution in [0.15, 0.2) is 16.8 Å². The predicted octanol–water partition coefficient (Wildman–Crippen LogP) is 4.72. The monoisotopic (exact) mass is 293 g/mol. The van der Waals surface area contributed by atoms with E-state index < -0.39 is 0 Å². The van der Waals surface area contributed by atoms with Crippen molar-refractivity contribution in [3.63, 3.8) is 0 Å². The van der Waals surface area contributed by atoms with E-state index >= 15 is 0 Å². The normalized spacial score (nSPS) is 19.1. The molecule has 0 spiro atoms. The molecule has 1 saturated heterocycles. The Balaban J connectivity index is 2.08. The van der Waals surface area contributed by atoms with Gasteiger partial charge in [0, 0.05) is 30.9 Å². The molecule has 118 valence electrons. The van der Waals surface area contributed by atoms with Crippen molar-refractivity contribution in [1.82, 2.24) is 0 Å². The summed E-state index contributed by atoms with van der Waals surface area (Å²) in [6.07, 6.45) is 10.9. The Kier molecular flexibility index (Phi) is 9.58. The van der Waals surface area contributed by atoms with Crippen LogP contribution < -0.4 is 0 Å². The number of rotatable bonds is 10. The molecular weight excluding hydrogens is 266 g/mol. The van der Waals surface area contributed by atoms with Crippen molar-refractivity contribution >= 4 is 5.78 Å². The van der Waals surface area contributed by atoms with E-state index in [0.717, 1.165) is 38.7 Å². The third-order valence-electron chi connectivity index (χ3n) is 3.83. The Hall–Kier alpha value is -1.32. The Morgan fingerprint density at radius 3 is 2.90 bits per heavy atom. The van der Waals surface area contributed by atoms with Gasteiger partial charge in [-0.1, -0.05) is 16.8 Å². The highest BCUT2D eigenvalue weighted by molar-refractivity contribution is 5.78. The van der Waals surface area contributed by atoms with Crippen molar-refractivity contribution in [3.05, 3.63) is 22.1 Å². The highest BCUT2D eigenvalue weighted by Gasteiger charge is 2.12. The van der Waals surface area contributed by atoms with Gasteiger partial charge in [-0.25, -0.2) is 0 Å². The van der Waals surface area contributed by atoms with Gasteiger partial charge < -0.3 is 4.74 Å². The summed E-state index contributed by atoms with van der Waals surface area (Å²) < 4.78 is 5.69. The van der Waals surface area contributed by atoms with Crippen molar-refractivity contribution in [2.75, 3.05) is 13.2 Å². The molecule has 0 bridgehead atoms. The van der Waals surface area contributed by atoms with E-state index in [1.807, 2.05) is 0 Å². The second-order valence-electron chi connectivity index (χ2n) is 5.73. The number of unbranched alkanes of at least 4 members (excludes halogenated alkanes) is 1. The van der Waals surface area contributed by atoms with Gasteiger partial charge >= 0.3 is 0 Å². The first-order valence-electron chi connectivity index (χ1n) is 8.02. The van der Waals surface area contributed by atoms with E-state index in [1.165, 1.54) is 18.4 Å². The van der Waals surface area contributed by atoms with Gasteiger partial charge in [0.2, 0.25) is 0 Å². The molecule has 0 saturated carbocycles. The van der Waals surface area contributed by atoms with Crippen LogP contribution in [-0.4, -0.2) is 25.0 Å². The number of nitrogens with zero attached hydrogens (tertiary/aromatic N) is 3. The van der Waals surface area contributed by atoms with Crippen molar-refractivity contribution in [2.45, 2.75) is 70.8 Å². The standard InChI is InChI=1S/C16H27N3O2/c1-14(9-11-16-7-3-5-13-21-16)8-10-15(20)6-2-4-12-18-19-17/h9,16H,2-8,10-13H2,1H3/b14-9+. The van der Waals surface area contributed by atoms with Crippen LogP contribution in [0.5, 0.6) is 0 Å². The number of azide groups is 1. The van der Waals surface area contributed by atoms with Gasteiger partial charge in [-0.15, -0.1) is 0 Å². The molecule has 0 aromatic heterocycles. The number of hydrogen-bond donors (Lipinski definition) is 0. The molecule has 0 amide bonds. The van der Waals surface area contributed by atoms with E-state index in [4.69, 9.17) is 10.3 Å². The Bertz CT molecular complexity index is 381. The van der Waals surface area contributed by atoms with Gasteiger partial charge in [-0.2, -0.15) is 0 Å². The van der Waals surface area contributed by atoms with Gasteiger partial charge in [0.15, 0.2) is 0 Å². The van der Waals surface area contributed by atoms with Crippen LogP contribution in [0.2, 0.25) is 0 Å². The summed E-state index contributed by atoms with van der Waals surface area (Å²) in [6.45, 7) is 3.48. The molecule has 1 aliphatic rings. The third kappa shape index (κ3) is 9.27. The minimum absolute atomic E-state index is 0.303. The Morgan fingerprint density at radius 1 is 1.33 bits per heavy atom. The molecule has 21 heavy (non-hydrogen) atoms. The van der Waals surface area contributed by atoms with E-state index in [0.29, 0.717) is 31.3 Å². The maximum Gasteiger partial charge on any atom is 0.133 e. The van der Waals surface area contributed by atoms with Crippen LogP contribution in [0.3, 0.4) is 0 Å². The fourth-order valence-electron chi connectivity index (χ4n) is 2.44. The summed E-state index contributed by atoms with van der Waals surface area (Å²) in [5.41, 5.74) is 9.42. The van der Waals surface area contributed by atoms with Crippen LogP contribution in [0, 0.1) is 0 Å². The summed E-state index contributed by atoms with van der Waals surface area (Å²) in [4.78, 5) is 14.4. The fourth-order valence-corrected chi connectivity index (χ4v) is 2.44. The van der Waals surface area contributed by atoms with Crippen LogP contribution in [0.1, 0.15) is 64.7 Å². The average Bonchev–Trinajstić information content (AvgIpc) is 2.51. The molecule has 0 N–H and O–H groups in total. The zero-order chi connectivity index (χ0) is 15.3. The molecular formula is C16H27N3O2. The largest absolute Gasteiger partial charge is 0.378 e. The zero-order valence-electron chi connectivity index (χ0n) is 13.1. The first-order chi connectivity index (χ1) is 10.2. The lowest BCUT2D eigenvalue weighted by Gasteiger charge is -2.21. The lowest BCUT2D eigenvalue weighted by Crippen LogP contribution is -2.18. The molecule has 1 fully saturated rings. The van der Waals surface area contributed by atoms with Crippen molar-refractivity contribution in [1.29, 1.82) is 0 Å². The fraction of sp³-hybridized carbons (Fsp3) is 0.812. The molecule has 0 aliphatic carbocycles. The molecule has 0 aromatic carbocycles. The van der Waals surface area contributed by atoms with Gasteiger partial charge in [0.05, 0.1) is 6.10 Å². The third-order valence-corrected chi connectivity index (χ3v) is 3.83. The summed E-state index contributed by atoms with van der Waals surface area (Å²) in [6, 6.07) is 0. The molecule has 5 heteroatoms. The molecule has 1 rings (SSSR count). The van der Waals surface area contributed by atoms with Crippen LogP contribution >= 0.6 is 0 Å². The molecule has 1 aliphatic heterocycles. The Labute approximate surface area is 127 Å². The summed E-state index contributed by atoms with van der Waals surface area (Å²) >= 11 is 0. The van der Waals surface area contributed by atoms with E-state index in [2.05, 4.69) is 23.0 Å². The highest BCUT2D eigenvalue weighted by Crippen LogP contribution is 2.17. The first-order valence-corrected chi connectivity index (χ1v) is 8.02. The molecule has 1 unspecified atom stereocenters. The number of ether oxygens (including phenoxy) is 1. The van der Waals surface area contributed by atoms with Crippen molar-refractivity contribution in [2.24, 2.45) is 5.11 Å². The second kappa shape index (κ2) is 11.4. The van der Waals surface area contributed by atoms with E-state index in [9.17, 15) is 4.79 Å². The van der Waals surface area contributed by atoms with E-state index in [-0.39, 0.29) is 0 Å².